The van der Waals surface area contributed by atoms with Gasteiger partial charge in [0.25, 0.3) is 0 Å². The topological polar surface area (TPSA) is 119 Å². The van der Waals surface area contributed by atoms with Crippen LogP contribution in [0.4, 0.5) is 4.79 Å². The third-order valence-corrected chi connectivity index (χ3v) is 3.89. The fourth-order valence-electron chi connectivity index (χ4n) is 2.72. The SMILES string of the molecule is O=C1CCC2CN(C(=O)N[C@H](CO)C(=O)O)CCC2N1. The number of carboxylic acids is 1. The molecule has 2 saturated heterocycles. The van der Waals surface area contributed by atoms with Gasteiger partial charge in [-0.15, -0.1) is 0 Å². The molecule has 0 aliphatic carbocycles. The summed E-state index contributed by atoms with van der Waals surface area (Å²) in [6.45, 7) is 0.316. The minimum absolute atomic E-state index is 0.0513. The van der Waals surface area contributed by atoms with Crippen molar-refractivity contribution in [1.82, 2.24) is 15.5 Å². The number of carboxylic acid groups (broad SMARTS) is 1. The molecule has 2 aliphatic rings. The van der Waals surface area contributed by atoms with Crippen molar-refractivity contribution < 1.29 is 24.6 Å². The third kappa shape index (κ3) is 3.19. The van der Waals surface area contributed by atoms with E-state index in [1.807, 2.05) is 0 Å². The van der Waals surface area contributed by atoms with E-state index in [-0.39, 0.29) is 17.9 Å². The summed E-state index contributed by atoms with van der Waals surface area (Å²) in [5.74, 6) is -0.999. The van der Waals surface area contributed by atoms with Gasteiger partial charge in [0.15, 0.2) is 6.04 Å². The van der Waals surface area contributed by atoms with Crippen LogP contribution >= 0.6 is 0 Å². The first-order valence-corrected chi connectivity index (χ1v) is 6.69. The van der Waals surface area contributed by atoms with Crippen LogP contribution in [0.1, 0.15) is 19.3 Å². The van der Waals surface area contributed by atoms with Crippen molar-refractivity contribution in [3.05, 3.63) is 0 Å². The van der Waals surface area contributed by atoms with Gasteiger partial charge in [0.1, 0.15) is 0 Å². The Morgan fingerprint density at radius 3 is 2.85 bits per heavy atom. The number of nitrogens with zero attached hydrogens (tertiary/aromatic N) is 1. The minimum atomic E-state index is -1.29. The molecule has 3 atom stereocenters. The lowest BCUT2D eigenvalue weighted by atomic mass is 9.85. The van der Waals surface area contributed by atoms with E-state index in [9.17, 15) is 14.4 Å². The summed E-state index contributed by atoms with van der Waals surface area (Å²) in [6, 6.07) is -1.67. The zero-order chi connectivity index (χ0) is 14.7. The van der Waals surface area contributed by atoms with E-state index in [1.54, 1.807) is 4.90 Å². The standard InChI is InChI=1S/C12H19N3O5/c16-6-9(11(18)19)14-12(20)15-4-3-8-7(5-15)1-2-10(17)13-8/h7-9,16H,1-6H2,(H,13,17)(H,14,20)(H,18,19)/t7?,8?,9-/m1/s1. The third-order valence-electron chi connectivity index (χ3n) is 3.89. The molecule has 2 unspecified atom stereocenters. The Hall–Kier alpha value is -1.83. The molecule has 112 valence electrons. The van der Waals surface area contributed by atoms with E-state index in [1.165, 1.54) is 0 Å². The van der Waals surface area contributed by atoms with Crippen LogP contribution in [0.3, 0.4) is 0 Å². The molecule has 0 bridgehead atoms. The predicted octanol–water partition coefficient (Wildman–Crippen LogP) is -1.26. The summed E-state index contributed by atoms with van der Waals surface area (Å²) in [5, 5.41) is 22.9. The quantitative estimate of drug-likeness (QED) is 0.516. The maximum absolute atomic E-state index is 12.0. The Kier molecular flexibility index (Phi) is 4.43. The number of likely N-dealkylation sites (tertiary alicyclic amines) is 1. The number of urea groups is 1. The number of hydrogen-bond acceptors (Lipinski definition) is 4. The fraction of sp³-hybridized carbons (Fsp3) is 0.750. The van der Waals surface area contributed by atoms with Gasteiger partial charge in [-0.3, -0.25) is 4.79 Å². The maximum Gasteiger partial charge on any atom is 0.328 e. The van der Waals surface area contributed by atoms with E-state index in [0.717, 1.165) is 6.42 Å². The highest BCUT2D eigenvalue weighted by Gasteiger charge is 2.35. The van der Waals surface area contributed by atoms with Gasteiger partial charge >= 0.3 is 12.0 Å². The van der Waals surface area contributed by atoms with Crippen molar-refractivity contribution >= 4 is 17.9 Å². The molecule has 0 aromatic carbocycles. The first-order chi connectivity index (χ1) is 9.51. The average Bonchev–Trinajstić information content (AvgIpc) is 2.43. The van der Waals surface area contributed by atoms with Gasteiger partial charge < -0.3 is 25.7 Å². The van der Waals surface area contributed by atoms with Gasteiger partial charge in [-0.25, -0.2) is 9.59 Å². The van der Waals surface area contributed by atoms with E-state index in [0.29, 0.717) is 25.9 Å². The number of amides is 3. The Labute approximate surface area is 116 Å². The number of fused-ring (bicyclic) bond motifs is 1. The number of aliphatic carboxylic acids is 1. The van der Waals surface area contributed by atoms with E-state index in [4.69, 9.17) is 10.2 Å². The fourth-order valence-corrected chi connectivity index (χ4v) is 2.72. The molecule has 0 spiro atoms. The Bertz CT molecular complexity index is 414. The first-order valence-electron chi connectivity index (χ1n) is 6.69. The second-order valence-electron chi connectivity index (χ2n) is 5.23. The van der Waals surface area contributed by atoms with Crippen molar-refractivity contribution in [1.29, 1.82) is 0 Å². The smallest absolute Gasteiger partial charge is 0.328 e. The van der Waals surface area contributed by atoms with Gasteiger partial charge in [0.05, 0.1) is 6.61 Å². The summed E-state index contributed by atoms with van der Waals surface area (Å²) in [7, 11) is 0. The minimum Gasteiger partial charge on any atom is -0.480 e. The van der Waals surface area contributed by atoms with Crippen LogP contribution in [0, 0.1) is 5.92 Å². The van der Waals surface area contributed by atoms with Crippen molar-refractivity contribution in [2.24, 2.45) is 5.92 Å². The molecular formula is C12H19N3O5. The lowest BCUT2D eigenvalue weighted by molar-refractivity contribution is -0.140. The monoisotopic (exact) mass is 285 g/mol. The van der Waals surface area contributed by atoms with E-state index >= 15 is 0 Å². The first kappa shape index (κ1) is 14.6. The molecule has 20 heavy (non-hydrogen) atoms. The molecule has 2 rings (SSSR count). The molecule has 0 aromatic rings. The second kappa shape index (κ2) is 6.08. The highest BCUT2D eigenvalue weighted by Crippen LogP contribution is 2.25. The van der Waals surface area contributed by atoms with Crippen LogP contribution in [0.5, 0.6) is 0 Å². The predicted molar refractivity (Wildman–Crippen MR) is 67.9 cm³/mol. The number of aliphatic hydroxyl groups excluding tert-OH is 1. The zero-order valence-corrected chi connectivity index (χ0v) is 11.0. The molecule has 8 nitrogen and oxygen atoms in total. The summed E-state index contributed by atoms with van der Waals surface area (Å²) >= 11 is 0. The molecule has 0 saturated carbocycles. The number of rotatable bonds is 3. The lowest BCUT2D eigenvalue weighted by Crippen LogP contribution is -2.58. The maximum atomic E-state index is 12.0. The van der Waals surface area contributed by atoms with Crippen LogP contribution in [-0.2, 0) is 9.59 Å². The average molecular weight is 285 g/mol. The van der Waals surface area contributed by atoms with Gasteiger partial charge in [0.2, 0.25) is 5.91 Å². The van der Waals surface area contributed by atoms with Gasteiger partial charge in [-0.1, -0.05) is 0 Å². The number of hydrogen-bond donors (Lipinski definition) is 4. The van der Waals surface area contributed by atoms with Crippen molar-refractivity contribution in [2.45, 2.75) is 31.3 Å². The molecule has 8 heteroatoms. The Balaban J connectivity index is 1.89. The van der Waals surface area contributed by atoms with Crippen molar-refractivity contribution in [3.63, 3.8) is 0 Å². The molecular weight excluding hydrogens is 266 g/mol. The lowest BCUT2D eigenvalue weighted by Gasteiger charge is -2.41. The molecule has 0 aromatic heterocycles. The molecule has 0 radical (unpaired) electrons. The number of nitrogens with one attached hydrogen (secondary N) is 2. The Morgan fingerprint density at radius 1 is 1.45 bits per heavy atom. The van der Waals surface area contributed by atoms with E-state index in [2.05, 4.69) is 10.6 Å². The van der Waals surface area contributed by atoms with Crippen LogP contribution < -0.4 is 10.6 Å². The number of aliphatic hydroxyl groups is 1. The summed E-state index contributed by atoms with van der Waals surface area (Å²) in [5.41, 5.74) is 0. The summed E-state index contributed by atoms with van der Waals surface area (Å²) < 4.78 is 0. The van der Waals surface area contributed by atoms with Crippen LogP contribution in [0.2, 0.25) is 0 Å². The number of carbonyl (C=O) groups is 3. The Morgan fingerprint density at radius 2 is 2.20 bits per heavy atom. The van der Waals surface area contributed by atoms with Gasteiger partial charge in [-0.2, -0.15) is 0 Å². The molecule has 2 aliphatic heterocycles. The van der Waals surface area contributed by atoms with Gasteiger partial charge in [0, 0.05) is 25.6 Å². The second-order valence-corrected chi connectivity index (χ2v) is 5.23. The molecule has 3 amide bonds. The molecule has 2 fully saturated rings. The highest BCUT2D eigenvalue weighted by molar-refractivity contribution is 5.83. The van der Waals surface area contributed by atoms with Crippen molar-refractivity contribution in [3.8, 4) is 0 Å². The summed E-state index contributed by atoms with van der Waals surface area (Å²) in [6.07, 6.45) is 1.87. The van der Waals surface area contributed by atoms with Crippen molar-refractivity contribution in [2.75, 3.05) is 19.7 Å². The zero-order valence-electron chi connectivity index (χ0n) is 11.0. The summed E-state index contributed by atoms with van der Waals surface area (Å²) in [4.78, 5) is 35.6. The molecule has 2 heterocycles. The number of piperidine rings is 2. The van der Waals surface area contributed by atoms with E-state index < -0.39 is 24.6 Å². The largest absolute Gasteiger partial charge is 0.480 e. The normalized spacial score (nSPS) is 27.2. The highest BCUT2D eigenvalue weighted by atomic mass is 16.4. The molecule has 4 N–H and O–H groups in total. The van der Waals surface area contributed by atoms with Crippen LogP contribution in [0.15, 0.2) is 0 Å². The number of carbonyl (C=O) groups excluding carboxylic acids is 2. The van der Waals surface area contributed by atoms with Crippen LogP contribution in [0.25, 0.3) is 0 Å². The van der Waals surface area contributed by atoms with Crippen LogP contribution in [-0.4, -0.2) is 64.8 Å². The van der Waals surface area contributed by atoms with Gasteiger partial charge in [-0.05, 0) is 18.8 Å².